The Kier molecular flexibility index (Phi) is 3.85. The quantitative estimate of drug-likeness (QED) is 0.478. The van der Waals surface area contributed by atoms with Gasteiger partial charge in [-0.05, 0) is 29.8 Å². The fourth-order valence-electron chi connectivity index (χ4n) is 3.70. The SMILES string of the molecule is C=CCN1C(=O)C(N2C(=O)c3ccccc3C2=O)C1c1ccc(C#N)cc1. The molecule has 1 saturated heterocycles. The van der Waals surface area contributed by atoms with Crippen molar-refractivity contribution < 1.29 is 14.4 Å². The molecule has 27 heavy (non-hydrogen) atoms. The van der Waals surface area contributed by atoms with Gasteiger partial charge < -0.3 is 4.90 Å². The average Bonchev–Trinajstić information content (AvgIpc) is 2.95. The Balaban J connectivity index is 1.74. The van der Waals surface area contributed by atoms with Crippen molar-refractivity contribution in [2.24, 2.45) is 0 Å². The number of amides is 3. The van der Waals surface area contributed by atoms with Crippen molar-refractivity contribution in [3.05, 3.63) is 83.4 Å². The Morgan fingerprint density at radius 2 is 1.56 bits per heavy atom. The van der Waals surface area contributed by atoms with Crippen LogP contribution in [0.15, 0.2) is 61.2 Å². The van der Waals surface area contributed by atoms with Gasteiger partial charge in [-0.15, -0.1) is 6.58 Å². The van der Waals surface area contributed by atoms with Crippen LogP contribution >= 0.6 is 0 Å². The summed E-state index contributed by atoms with van der Waals surface area (Å²) in [6, 6.07) is 14.1. The van der Waals surface area contributed by atoms with Gasteiger partial charge in [0.2, 0.25) is 5.91 Å². The van der Waals surface area contributed by atoms with E-state index in [0.29, 0.717) is 23.2 Å². The summed E-state index contributed by atoms with van der Waals surface area (Å²) in [6.45, 7) is 3.98. The molecule has 2 unspecified atom stereocenters. The number of β-lactam (4-membered cyclic amide) rings is 1. The smallest absolute Gasteiger partial charge is 0.262 e. The molecule has 0 spiro atoms. The summed E-state index contributed by atoms with van der Waals surface area (Å²) in [5.41, 5.74) is 1.89. The van der Waals surface area contributed by atoms with Gasteiger partial charge in [-0.25, -0.2) is 0 Å². The molecule has 0 saturated carbocycles. The molecule has 0 N–H and O–H groups in total. The minimum Gasteiger partial charge on any atom is -0.327 e. The van der Waals surface area contributed by atoms with Crippen molar-refractivity contribution in [2.75, 3.05) is 6.54 Å². The van der Waals surface area contributed by atoms with Gasteiger partial charge in [0.25, 0.3) is 11.8 Å². The van der Waals surface area contributed by atoms with Crippen LogP contribution in [-0.4, -0.2) is 40.1 Å². The molecule has 2 aliphatic rings. The molecule has 0 radical (unpaired) electrons. The first-order valence-corrected chi connectivity index (χ1v) is 8.47. The Morgan fingerprint density at radius 3 is 2.07 bits per heavy atom. The van der Waals surface area contributed by atoms with Gasteiger partial charge >= 0.3 is 0 Å². The number of likely N-dealkylation sites (tertiary alicyclic amines) is 1. The Labute approximate surface area is 155 Å². The first-order chi connectivity index (χ1) is 13.1. The van der Waals surface area contributed by atoms with Crippen molar-refractivity contribution in [2.45, 2.75) is 12.1 Å². The predicted molar refractivity (Wildman–Crippen MR) is 96.5 cm³/mol. The highest BCUT2D eigenvalue weighted by molar-refractivity contribution is 6.23. The molecule has 0 aliphatic carbocycles. The van der Waals surface area contributed by atoms with E-state index in [0.717, 1.165) is 10.5 Å². The second-order valence-electron chi connectivity index (χ2n) is 6.43. The van der Waals surface area contributed by atoms with E-state index < -0.39 is 23.9 Å². The van der Waals surface area contributed by atoms with E-state index in [1.807, 2.05) is 0 Å². The molecule has 2 aliphatic heterocycles. The molecule has 1 fully saturated rings. The zero-order chi connectivity index (χ0) is 19.1. The predicted octanol–water partition coefficient (Wildman–Crippen LogP) is 2.29. The highest BCUT2D eigenvalue weighted by atomic mass is 16.2. The lowest BCUT2D eigenvalue weighted by Gasteiger charge is -2.49. The van der Waals surface area contributed by atoms with E-state index in [1.165, 1.54) is 0 Å². The van der Waals surface area contributed by atoms with E-state index in [9.17, 15) is 14.4 Å². The zero-order valence-electron chi connectivity index (χ0n) is 14.3. The molecule has 4 rings (SSSR count). The topological polar surface area (TPSA) is 81.5 Å². The number of nitrogens with zero attached hydrogens (tertiary/aromatic N) is 3. The van der Waals surface area contributed by atoms with E-state index >= 15 is 0 Å². The molecule has 132 valence electrons. The lowest BCUT2D eigenvalue weighted by atomic mass is 9.86. The molecular weight excluding hydrogens is 342 g/mol. The van der Waals surface area contributed by atoms with Crippen LogP contribution in [0, 0.1) is 11.3 Å². The van der Waals surface area contributed by atoms with Crippen LogP contribution in [0.4, 0.5) is 0 Å². The minimum atomic E-state index is -0.898. The average molecular weight is 357 g/mol. The Bertz CT molecular complexity index is 985. The molecule has 6 heteroatoms. The fourth-order valence-corrected chi connectivity index (χ4v) is 3.70. The highest BCUT2D eigenvalue weighted by Gasteiger charge is 2.56. The third-order valence-electron chi connectivity index (χ3n) is 4.98. The Morgan fingerprint density at radius 1 is 0.963 bits per heavy atom. The number of nitriles is 1. The third-order valence-corrected chi connectivity index (χ3v) is 4.98. The van der Waals surface area contributed by atoms with E-state index in [2.05, 4.69) is 12.6 Å². The summed E-state index contributed by atoms with van der Waals surface area (Å²) in [5.74, 6) is -1.20. The van der Waals surface area contributed by atoms with Crippen LogP contribution in [0.25, 0.3) is 0 Å². The number of hydrogen-bond donors (Lipinski definition) is 0. The molecule has 2 aromatic carbocycles. The monoisotopic (exact) mass is 357 g/mol. The molecule has 0 bridgehead atoms. The summed E-state index contributed by atoms with van der Waals surface area (Å²) < 4.78 is 0. The second-order valence-corrected chi connectivity index (χ2v) is 6.43. The first-order valence-electron chi connectivity index (χ1n) is 8.47. The lowest BCUT2D eigenvalue weighted by molar-refractivity contribution is -0.155. The summed E-state index contributed by atoms with van der Waals surface area (Å²) in [7, 11) is 0. The van der Waals surface area contributed by atoms with Crippen molar-refractivity contribution >= 4 is 17.7 Å². The molecule has 3 amide bonds. The van der Waals surface area contributed by atoms with Crippen LogP contribution in [0.3, 0.4) is 0 Å². The van der Waals surface area contributed by atoms with Gasteiger partial charge in [-0.3, -0.25) is 19.3 Å². The Hall–Kier alpha value is -3.72. The second kappa shape index (κ2) is 6.22. The molecule has 0 aromatic heterocycles. The standard InChI is InChI=1S/C21H15N3O3/c1-2-11-23-17(14-9-7-13(12-22)8-10-14)18(21(23)27)24-19(25)15-5-3-4-6-16(15)20(24)26/h2-10,17-18H,1,11H2. The maximum absolute atomic E-state index is 12.8. The minimum absolute atomic E-state index is 0.293. The number of rotatable bonds is 4. The molecule has 6 nitrogen and oxygen atoms in total. The largest absolute Gasteiger partial charge is 0.327 e. The molecule has 2 heterocycles. The molecular formula is C21H15N3O3. The molecule has 2 atom stereocenters. The third kappa shape index (κ3) is 2.36. The van der Waals surface area contributed by atoms with Crippen molar-refractivity contribution in [1.29, 1.82) is 5.26 Å². The number of carbonyl (C=O) groups is 3. The van der Waals surface area contributed by atoms with Gasteiger partial charge in [-0.2, -0.15) is 5.26 Å². The number of imide groups is 1. The van der Waals surface area contributed by atoms with Gasteiger partial charge in [-0.1, -0.05) is 30.3 Å². The summed E-state index contributed by atoms with van der Waals surface area (Å²) in [6.07, 6.45) is 1.60. The van der Waals surface area contributed by atoms with E-state index in [-0.39, 0.29) is 5.91 Å². The van der Waals surface area contributed by atoms with Crippen LogP contribution in [0.2, 0.25) is 0 Å². The summed E-state index contributed by atoms with van der Waals surface area (Å²) >= 11 is 0. The van der Waals surface area contributed by atoms with E-state index in [4.69, 9.17) is 5.26 Å². The van der Waals surface area contributed by atoms with Gasteiger partial charge in [0.05, 0.1) is 28.8 Å². The number of hydrogen-bond acceptors (Lipinski definition) is 4. The molecule has 2 aromatic rings. The van der Waals surface area contributed by atoms with Gasteiger partial charge in [0, 0.05) is 6.54 Å². The first kappa shape index (κ1) is 16.7. The van der Waals surface area contributed by atoms with Gasteiger partial charge in [0.1, 0.15) is 6.04 Å². The van der Waals surface area contributed by atoms with Crippen LogP contribution in [0.1, 0.15) is 37.9 Å². The zero-order valence-corrected chi connectivity index (χ0v) is 14.3. The van der Waals surface area contributed by atoms with Crippen LogP contribution < -0.4 is 0 Å². The van der Waals surface area contributed by atoms with Crippen molar-refractivity contribution in [1.82, 2.24) is 9.80 Å². The van der Waals surface area contributed by atoms with Crippen molar-refractivity contribution in [3.8, 4) is 6.07 Å². The van der Waals surface area contributed by atoms with Crippen LogP contribution in [-0.2, 0) is 4.79 Å². The maximum Gasteiger partial charge on any atom is 0.262 e. The lowest BCUT2D eigenvalue weighted by Crippen LogP contribution is -2.66. The fraction of sp³-hybridized carbons (Fsp3) is 0.143. The normalized spacial score (nSPS) is 20.9. The summed E-state index contributed by atoms with van der Waals surface area (Å²) in [4.78, 5) is 41.0. The number of benzene rings is 2. The number of fused-ring (bicyclic) bond motifs is 1. The maximum atomic E-state index is 12.8. The number of carbonyl (C=O) groups excluding carboxylic acids is 3. The van der Waals surface area contributed by atoms with Crippen LogP contribution in [0.5, 0.6) is 0 Å². The van der Waals surface area contributed by atoms with Crippen molar-refractivity contribution in [3.63, 3.8) is 0 Å². The summed E-state index contributed by atoms with van der Waals surface area (Å²) in [5, 5.41) is 8.99. The highest BCUT2D eigenvalue weighted by Crippen LogP contribution is 2.41. The van der Waals surface area contributed by atoms with Gasteiger partial charge in [0.15, 0.2) is 0 Å². The van der Waals surface area contributed by atoms with E-state index in [1.54, 1.807) is 59.5 Å².